The lowest BCUT2D eigenvalue weighted by Crippen LogP contribution is -3.17. The molecule has 0 radical (unpaired) electrons. The van der Waals surface area contributed by atoms with E-state index in [9.17, 15) is 5.21 Å². The van der Waals surface area contributed by atoms with Gasteiger partial charge in [0.1, 0.15) is 5.66 Å². The Morgan fingerprint density at radius 3 is 2.00 bits per heavy atom. The van der Waals surface area contributed by atoms with Gasteiger partial charge in [-0.15, -0.1) is 0 Å². The highest BCUT2D eigenvalue weighted by Gasteiger charge is 2.15. The van der Waals surface area contributed by atoms with Gasteiger partial charge in [-0.2, -0.15) is 0 Å². The molecule has 0 spiro atoms. The quantitative estimate of drug-likeness (QED) is 0.364. The van der Waals surface area contributed by atoms with Crippen LogP contribution in [0.25, 0.3) is 0 Å². The van der Waals surface area contributed by atoms with E-state index in [0.29, 0.717) is 6.54 Å². The SMILES string of the molecule is CC[NH+]([O-])C(C)(C)N. The third kappa shape index (κ3) is 2.26. The van der Waals surface area contributed by atoms with Crippen LogP contribution in [-0.4, -0.2) is 12.2 Å². The Morgan fingerprint density at radius 1 is 1.62 bits per heavy atom. The molecule has 0 aliphatic carbocycles. The smallest absolute Gasteiger partial charge is 0.142 e. The van der Waals surface area contributed by atoms with Gasteiger partial charge in [0, 0.05) is 13.8 Å². The fraction of sp³-hybridized carbons (Fsp3) is 1.00. The molecular formula is C5H14N2O. The van der Waals surface area contributed by atoms with Crippen LogP contribution in [0.4, 0.5) is 0 Å². The number of rotatable bonds is 2. The number of quaternary nitrogens is 1. The van der Waals surface area contributed by atoms with Crippen LogP contribution in [0, 0.1) is 5.21 Å². The first-order valence-corrected chi connectivity index (χ1v) is 2.80. The van der Waals surface area contributed by atoms with Crippen LogP contribution in [0.2, 0.25) is 0 Å². The molecule has 1 unspecified atom stereocenters. The molecule has 50 valence electrons. The number of hydrogen-bond donors (Lipinski definition) is 2. The minimum absolute atomic E-state index is 0.109. The lowest BCUT2D eigenvalue weighted by atomic mass is 10.2. The molecule has 0 aromatic heterocycles. The predicted octanol–water partition coefficient (Wildman–Crippen LogP) is -0.916. The topological polar surface area (TPSA) is 53.5 Å². The number of hydroxylamine groups is 2. The van der Waals surface area contributed by atoms with Crippen LogP contribution in [0.15, 0.2) is 0 Å². The summed E-state index contributed by atoms with van der Waals surface area (Å²) in [5, 5.41) is 10.8. The van der Waals surface area contributed by atoms with Gasteiger partial charge in [-0.1, -0.05) is 0 Å². The number of nitrogens with one attached hydrogen (secondary N) is 1. The molecular weight excluding hydrogens is 104 g/mol. The summed E-state index contributed by atoms with van der Waals surface area (Å²) in [6.45, 7) is 5.79. The van der Waals surface area contributed by atoms with E-state index in [4.69, 9.17) is 5.73 Å². The third-order valence-electron chi connectivity index (χ3n) is 1.04. The molecule has 0 bridgehead atoms. The van der Waals surface area contributed by atoms with Gasteiger partial charge in [-0.25, -0.2) is 0 Å². The molecule has 8 heavy (non-hydrogen) atoms. The Labute approximate surface area is 50.0 Å². The summed E-state index contributed by atoms with van der Waals surface area (Å²) in [6.07, 6.45) is 0. The molecule has 0 saturated heterocycles. The zero-order valence-corrected chi connectivity index (χ0v) is 5.69. The highest BCUT2D eigenvalue weighted by Crippen LogP contribution is 1.79. The van der Waals surface area contributed by atoms with Crippen molar-refractivity contribution in [3.05, 3.63) is 5.21 Å². The minimum Gasteiger partial charge on any atom is -0.633 e. The maximum atomic E-state index is 10.7. The van der Waals surface area contributed by atoms with Gasteiger partial charge >= 0.3 is 0 Å². The van der Waals surface area contributed by atoms with E-state index in [-0.39, 0.29) is 5.06 Å². The molecule has 3 nitrogen and oxygen atoms in total. The highest BCUT2D eigenvalue weighted by atomic mass is 16.5. The molecule has 0 saturated carbocycles. The van der Waals surface area contributed by atoms with Gasteiger partial charge in [0.25, 0.3) is 0 Å². The summed E-state index contributed by atoms with van der Waals surface area (Å²) >= 11 is 0. The van der Waals surface area contributed by atoms with E-state index in [1.54, 1.807) is 13.8 Å². The van der Waals surface area contributed by atoms with Crippen molar-refractivity contribution in [2.45, 2.75) is 26.4 Å². The van der Waals surface area contributed by atoms with Crippen LogP contribution < -0.4 is 10.8 Å². The van der Waals surface area contributed by atoms with Gasteiger partial charge in [-0.05, 0) is 6.92 Å². The van der Waals surface area contributed by atoms with Gasteiger partial charge in [0.05, 0.1) is 6.54 Å². The largest absolute Gasteiger partial charge is 0.633 e. The zero-order valence-electron chi connectivity index (χ0n) is 5.69. The molecule has 0 aromatic carbocycles. The van der Waals surface area contributed by atoms with Crippen molar-refractivity contribution in [3.63, 3.8) is 0 Å². The van der Waals surface area contributed by atoms with Gasteiger partial charge in [0.2, 0.25) is 0 Å². The van der Waals surface area contributed by atoms with Crippen molar-refractivity contribution in [2.24, 2.45) is 5.73 Å². The van der Waals surface area contributed by atoms with E-state index in [1.807, 2.05) is 6.92 Å². The van der Waals surface area contributed by atoms with Crippen molar-refractivity contribution in [1.29, 1.82) is 0 Å². The number of hydrogen-bond acceptors (Lipinski definition) is 2. The summed E-state index contributed by atoms with van der Waals surface area (Å²) in [7, 11) is 0. The Morgan fingerprint density at radius 2 is 2.00 bits per heavy atom. The molecule has 0 rings (SSSR count). The zero-order chi connectivity index (χ0) is 6.78. The molecule has 1 atom stereocenters. The third-order valence-corrected chi connectivity index (χ3v) is 1.04. The fourth-order valence-corrected chi connectivity index (χ4v) is 0.456. The van der Waals surface area contributed by atoms with E-state index >= 15 is 0 Å². The van der Waals surface area contributed by atoms with E-state index in [1.165, 1.54) is 0 Å². The van der Waals surface area contributed by atoms with Gasteiger partial charge in [0.15, 0.2) is 0 Å². The standard InChI is InChI=1S/C5H14N2O/c1-4-7(8)5(2,3)6/h7H,4,6H2,1-3H3. The number of nitrogens with two attached hydrogens (primary N) is 1. The summed E-state index contributed by atoms with van der Waals surface area (Å²) in [4.78, 5) is 0. The predicted molar refractivity (Wildman–Crippen MR) is 33.1 cm³/mol. The molecule has 0 fully saturated rings. The van der Waals surface area contributed by atoms with E-state index in [0.717, 1.165) is 0 Å². The maximum Gasteiger partial charge on any atom is 0.142 e. The minimum atomic E-state index is -0.630. The Balaban J connectivity index is 3.62. The first-order chi connectivity index (χ1) is 3.48. The average molecular weight is 118 g/mol. The molecule has 3 heteroatoms. The maximum absolute atomic E-state index is 10.7. The van der Waals surface area contributed by atoms with Crippen molar-refractivity contribution in [1.82, 2.24) is 0 Å². The van der Waals surface area contributed by atoms with Crippen LogP contribution in [0.1, 0.15) is 20.8 Å². The second-order valence-electron chi connectivity index (χ2n) is 2.50. The Bertz CT molecular complexity index is 67.3. The molecule has 3 N–H and O–H groups in total. The van der Waals surface area contributed by atoms with Crippen molar-refractivity contribution < 1.29 is 5.06 Å². The molecule has 0 aromatic rings. The molecule has 0 heterocycles. The van der Waals surface area contributed by atoms with E-state index in [2.05, 4.69) is 0 Å². The summed E-state index contributed by atoms with van der Waals surface area (Å²) in [5.74, 6) is 0. The summed E-state index contributed by atoms with van der Waals surface area (Å²) in [5.41, 5.74) is 4.81. The fourth-order valence-electron chi connectivity index (χ4n) is 0.456. The van der Waals surface area contributed by atoms with Crippen LogP contribution in [0.3, 0.4) is 0 Å². The summed E-state index contributed by atoms with van der Waals surface area (Å²) < 4.78 is 0. The second kappa shape index (κ2) is 2.44. The lowest BCUT2D eigenvalue weighted by Gasteiger charge is -2.33. The molecule has 0 aliphatic rings. The summed E-state index contributed by atoms with van der Waals surface area (Å²) in [6, 6.07) is 0. The molecule has 0 amide bonds. The van der Waals surface area contributed by atoms with Crippen molar-refractivity contribution in [2.75, 3.05) is 6.54 Å². The Kier molecular flexibility index (Phi) is 2.40. The molecule has 0 aliphatic heterocycles. The first kappa shape index (κ1) is 7.88. The lowest BCUT2D eigenvalue weighted by molar-refractivity contribution is -0.898. The van der Waals surface area contributed by atoms with Crippen molar-refractivity contribution >= 4 is 0 Å². The van der Waals surface area contributed by atoms with Crippen LogP contribution in [-0.2, 0) is 0 Å². The van der Waals surface area contributed by atoms with Crippen molar-refractivity contribution in [3.8, 4) is 0 Å². The van der Waals surface area contributed by atoms with Gasteiger partial charge < -0.3 is 10.3 Å². The first-order valence-electron chi connectivity index (χ1n) is 2.80. The van der Waals surface area contributed by atoms with Crippen LogP contribution >= 0.6 is 0 Å². The Hall–Kier alpha value is -0.120. The van der Waals surface area contributed by atoms with Crippen LogP contribution in [0.5, 0.6) is 0 Å². The average Bonchev–Trinajstić information content (AvgIpc) is 1.62. The normalized spacial score (nSPS) is 16.1. The highest BCUT2D eigenvalue weighted by molar-refractivity contribution is 4.52. The van der Waals surface area contributed by atoms with E-state index < -0.39 is 5.66 Å². The monoisotopic (exact) mass is 118 g/mol. The second-order valence-corrected chi connectivity index (χ2v) is 2.50. The van der Waals surface area contributed by atoms with Gasteiger partial charge in [-0.3, -0.25) is 5.73 Å².